The monoisotopic (exact) mass is 673 g/mol. The average molecular weight is 675 g/mol. The lowest BCUT2D eigenvalue weighted by atomic mass is 9.94. The Hall–Kier alpha value is -4.11. The Labute approximate surface area is 272 Å². The number of halogens is 5. The van der Waals surface area contributed by atoms with E-state index in [-0.39, 0.29) is 58.6 Å². The number of nitrogens with zero attached hydrogens (tertiary/aromatic N) is 5. The lowest BCUT2D eigenvalue weighted by molar-refractivity contribution is -0.126. The molecule has 2 aliphatic rings. The van der Waals surface area contributed by atoms with Crippen molar-refractivity contribution in [1.82, 2.24) is 19.8 Å². The molecule has 3 aromatic rings. The zero-order chi connectivity index (χ0) is 32.9. The van der Waals surface area contributed by atoms with Crippen LogP contribution in [0.3, 0.4) is 0 Å². The number of hydrogen-bond donors (Lipinski definition) is 2. The number of benzene rings is 1. The van der Waals surface area contributed by atoms with E-state index in [1.54, 1.807) is 17.2 Å². The van der Waals surface area contributed by atoms with E-state index in [1.165, 1.54) is 16.7 Å². The van der Waals surface area contributed by atoms with Gasteiger partial charge in [-0.1, -0.05) is 55.2 Å². The Morgan fingerprint density at radius 2 is 1.87 bits per heavy atom. The fourth-order valence-electron chi connectivity index (χ4n) is 5.75. The van der Waals surface area contributed by atoms with E-state index in [0.29, 0.717) is 29.7 Å². The number of fused-ring (bicyclic) bond motifs is 1. The van der Waals surface area contributed by atoms with Crippen LogP contribution >= 0.6 is 34.8 Å². The summed E-state index contributed by atoms with van der Waals surface area (Å²) in [6.45, 7) is 10.5. The Morgan fingerprint density at radius 3 is 2.47 bits per heavy atom. The molecule has 14 heteroatoms. The van der Waals surface area contributed by atoms with Crippen LogP contribution in [0.5, 0.6) is 0 Å². The Morgan fingerprint density at radius 1 is 1.20 bits per heavy atom. The van der Waals surface area contributed by atoms with Gasteiger partial charge in [0.2, 0.25) is 5.91 Å². The van der Waals surface area contributed by atoms with Crippen LogP contribution in [0.15, 0.2) is 41.4 Å². The minimum atomic E-state index is -1.16. The first kappa shape index (κ1) is 32.3. The van der Waals surface area contributed by atoms with E-state index in [2.05, 4.69) is 22.9 Å². The summed E-state index contributed by atoms with van der Waals surface area (Å²) in [7, 11) is 0. The summed E-state index contributed by atoms with van der Waals surface area (Å²) in [5.74, 6) is -2.55. The van der Waals surface area contributed by atoms with Gasteiger partial charge in [-0.25, -0.2) is 13.8 Å². The highest BCUT2D eigenvalue weighted by atomic mass is 35.5. The Bertz CT molecular complexity index is 1910. The molecule has 0 bridgehead atoms. The van der Waals surface area contributed by atoms with Crippen molar-refractivity contribution < 1.29 is 13.6 Å². The summed E-state index contributed by atoms with van der Waals surface area (Å²) in [4.78, 5) is 34.7. The van der Waals surface area contributed by atoms with Gasteiger partial charge in [-0.3, -0.25) is 14.2 Å². The number of hydrogen-bond acceptors (Lipinski definition) is 7. The van der Waals surface area contributed by atoms with Gasteiger partial charge in [0.25, 0.3) is 5.56 Å². The second-order valence-corrected chi connectivity index (χ2v) is 12.2. The number of pyridine rings is 2. The molecule has 1 saturated heterocycles. The van der Waals surface area contributed by atoms with Gasteiger partial charge in [0.1, 0.15) is 22.3 Å². The number of nitriles is 1. The van der Waals surface area contributed by atoms with E-state index in [4.69, 9.17) is 40.5 Å². The van der Waals surface area contributed by atoms with Gasteiger partial charge < -0.3 is 20.9 Å². The number of nitrogens with one attached hydrogen (secondary N) is 1. The zero-order valence-electron chi connectivity index (χ0n) is 24.5. The maximum atomic E-state index is 15.6. The summed E-state index contributed by atoms with van der Waals surface area (Å²) < 4.78 is 31.9. The van der Waals surface area contributed by atoms with Gasteiger partial charge in [-0.05, 0) is 42.8 Å². The van der Waals surface area contributed by atoms with Gasteiger partial charge in [-0.15, -0.1) is 0 Å². The highest BCUT2D eigenvalue weighted by molar-refractivity contribution is 6.39. The first-order valence-corrected chi connectivity index (χ1v) is 15.1. The Kier molecular flexibility index (Phi) is 8.86. The van der Waals surface area contributed by atoms with Crippen LogP contribution < -0.4 is 21.5 Å². The topological polar surface area (TPSA) is 120 Å². The number of nitrogens with two attached hydrogens (primary N) is 1. The van der Waals surface area contributed by atoms with E-state index >= 15 is 4.39 Å². The minimum absolute atomic E-state index is 0.0219. The van der Waals surface area contributed by atoms with Gasteiger partial charge in [0, 0.05) is 31.6 Å². The molecule has 9 nitrogen and oxygen atoms in total. The van der Waals surface area contributed by atoms with Gasteiger partial charge in [-0.2, -0.15) is 5.26 Å². The normalized spacial score (nSPS) is 16.8. The lowest BCUT2D eigenvalue weighted by Gasteiger charge is -2.37. The Balaban J connectivity index is 1.90. The third-order valence-corrected chi connectivity index (χ3v) is 9.03. The molecule has 2 aromatic heterocycles. The van der Waals surface area contributed by atoms with Crippen LogP contribution in [0.1, 0.15) is 26.3 Å². The van der Waals surface area contributed by atoms with Crippen molar-refractivity contribution in [2.75, 3.05) is 36.8 Å². The highest BCUT2D eigenvalue weighted by Crippen LogP contribution is 2.44. The van der Waals surface area contributed by atoms with Crippen molar-refractivity contribution in [2.45, 2.75) is 26.8 Å². The first-order chi connectivity index (χ1) is 21.3. The molecule has 1 aromatic carbocycles. The molecule has 1 atom stereocenters. The fraction of sp³-hybridized carbons (Fsp3) is 0.290. The second-order valence-electron chi connectivity index (χ2n) is 11.0. The number of nitrogen functional groups attached to an aromatic ring is 1. The van der Waals surface area contributed by atoms with Crippen molar-refractivity contribution in [2.24, 2.45) is 5.92 Å². The number of piperazine rings is 1. The van der Waals surface area contributed by atoms with Crippen LogP contribution in [0.25, 0.3) is 28.0 Å². The van der Waals surface area contributed by atoms with Crippen molar-refractivity contribution in [1.29, 1.82) is 5.26 Å². The predicted octanol–water partition coefficient (Wildman–Crippen LogP) is 5.96. The SMILES string of the molecule is C=CC(=O)N1CCN(c2c(C#N)c(=O)n(C3=C(C)C=CN[C@@H]3C(C)C)c3nc(-c4c(F)c(N)c(Cl)c(F)c4Cl)c(Cl)cc23)CC1. The second kappa shape index (κ2) is 12.4. The first-order valence-electron chi connectivity index (χ1n) is 13.9. The number of aromatic nitrogens is 2. The van der Waals surface area contributed by atoms with Crippen molar-refractivity contribution in [3.8, 4) is 17.3 Å². The van der Waals surface area contributed by atoms with Crippen molar-refractivity contribution in [3.05, 3.63) is 79.2 Å². The maximum absolute atomic E-state index is 15.6. The smallest absolute Gasteiger partial charge is 0.276 e. The predicted molar refractivity (Wildman–Crippen MR) is 174 cm³/mol. The standard InChI is InChI=1S/C31H28Cl3F2N7O2/c1-5-19(44)41-8-10-42(11-9-41)29-16-12-18(32)27(20-21(33)24(36)22(34)25(38)23(20)35)40-30(16)43(31(45)17(29)13-37)28-15(4)6-7-39-26(28)14(2)3/h5-7,12,14,26,39H,1,8-11,38H2,2-4H3/t26-/m1/s1. The molecule has 5 rings (SSSR count). The van der Waals surface area contributed by atoms with E-state index < -0.39 is 38.5 Å². The third kappa shape index (κ3) is 5.31. The van der Waals surface area contributed by atoms with Crippen LogP contribution in [0.4, 0.5) is 20.2 Å². The third-order valence-electron chi connectivity index (χ3n) is 8.02. The van der Waals surface area contributed by atoms with Crippen LogP contribution in [-0.2, 0) is 4.79 Å². The minimum Gasteiger partial charge on any atom is -0.395 e. The maximum Gasteiger partial charge on any atom is 0.276 e. The summed E-state index contributed by atoms with van der Waals surface area (Å²) in [6, 6.07) is 3.14. The van der Waals surface area contributed by atoms with E-state index in [9.17, 15) is 19.2 Å². The number of rotatable bonds is 5. The lowest BCUT2D eigenvalue weighted by Crippen LogP contribution is -2.49. The molecule has 1 fully saturated rings. The van der Waals surface area contributed by atoms with Gasteiger partial charge in [0.15, 0.2) is 11.6 Å². The highest BCUT2D eigenvalue weighted by Gasteiger charge is 2.33. The summed E-state index contributed by atoms with van der Waals surface area (Å²) >= 11 is 18.8. The van der Waals surface area contributed by atoms with Crippen molar-refractivity contribution in [3.63, 3.8) is 0 Å². The van der Waals surface area contributed by atoms with E-state index in [0.717, 1.165) is 0 Å². The number of carbonyl (C=O) groups excluding carboxylic acids is 1. The zero-order valence-corrected chi connectivity index (χ0v) is 26.8. The molecule has 0 aliphatic carbocycles. The number of carbonyl (C=O) groups is 1. The number of allylic oxidation sites excluding steroid dienone is 2. The molecule has 234 valence electrons. The molecule has 0 spiro atoms. The molecule has 0 radical (unpaired) electrons. The summed E-state index contributed by atoms with van der Waals surface area (Å²) in [5, 5.41) is 12.4. The molecular weight excluding hydrogens is 647 g/mol. The van der Waals surface area contributed by atoms with Gasteiger partial charge in [0.05, 0.1) is 44.4 Å². The summed E-state index contributed by atoms with van der Waals surface area (Å²) in [5.41, 5.74) is 4.95. The van der Waals surface area contributed by atoms with Crippen LogP contribution in [-0.4, -0.2) is 52.6 Å². The molecule has 3 N–H and O–H groups in total. The number of amides is 1. The average Bonchev–Trinajstić information content (AvgIpc) is 3.02. The van der Waals surface area contributed by atoms with E-state index in [1.807, 2.05) is 25.7 Å². The van der Waals surface area contributed by atoms with Gasteiger partial charge >= 0.3 is 0 Å². The molecule has 4 heterocycles. The quantitative estimate of drug-likeness (QED) is 0.148. The van der Waals surface area contributed by atoms with Crippen LogP contribution in [0.2, 0.25) is 15.1 Å². The molecule has 45 heavy (non-hydrogen) atoms. The molecule has 2 aliphatic heterocycles. The number of dihydropyridines is 1. The molecule has 0 saturated carbocycles. The summed E-state index contributed by atoms with van der Waals surface area (Å²) in [6.07, 6.45) is 4.78. The molecular formula is C31H28Cl3F2N7O2. The number of anilines is 2. The van der Waals surface area contributed by atoms with Crippen LogP contribution in [0, 0.1) is 28.9 Å². The van der Waals surface area contributed by atoms with Crippen molar-refractivity contribution >= 4 is 68.8 Å². The largest absolute Gasteiger partial charge is 0.395 e. The molecule has 0 unspecified atom stereocenters. The molecule has 1 amide bonds. The fourth-order valence-corrected chi connectivity index (χ4v) is 6.48.